The molecule has 3 aromatic rings. The van der Waals surface area contributed by atoms with Gasteiger partial charge in [0.05, 0.1) is 18.5 Å². The molecular formula is C14H13F2N5O. The maximum absolute atomic E-state index is 13.9. The molecule has 0 radical (unpaired) electrons. The Kier molecular flexibility index (Phi) is 3.53. The monoisotopic (exact) mass is 305 g/mol. The molecule has 0 aliphatic rings. The Morgan fingerprint density at radius 2 is 2.00 bits per heavy atom. The first-order chi connectivity index (χ1) is 10.5. The highest BCUT2D eigenvalue weighted by molar-refractivity contribution is 5.58. The number of rotatable bonds is 4. The Labute approximate surface area is 124 Å². The Hall–Kier alpha value is -2.48. The number of hydrogen-bond acceptors (Lipinski definition) is 5. The number of alkyl halides is 2. The van der Waals surface area contributed by atoms with Gasteiger partial charge in [0.1, 0.15) is 0 Å². The fourth-order valence-corrected chi connectivity index (χ4v) is 2.01. The predicted octanol–water partition coefficient (Wildman–Crippen LogP) is 2.58. The fraction of sp³-hybridized carbons (Fsp3) is 0.286. The number of ether oxygens (including phenoxy) is 1. The zero-order valence-corrected chi connectivity index (χ0v) is 12.0. The molecule has 0 aliphatic heterocycles. The van der Waals surface area contributed by atoms with E-state index in [1.807, 2.05) is 19.1 Å². The third kappa shape index (κ3) is 2.52. The number of nitrogens with zero attached hydrogens (tertiary/aromatic N) is 5. The molecule has 0 aromatic carbocycles. The maximum Gasteiger partial charge on any atom is 0.418 e. The van der Waals surface area contributed by atoms with Gasteiger partial charge in [0, 0.05) is 23.7 Å². The van der Waals surface area contributed by atoms with Crippen LogP contribution in [-0.4, -0.2) is 31.2 Å². The minimum absolute atomic E-state index is 0.137. The van der Waals surface area contributed by atoms with E-state index in [1.165, 1.54) is 23.7 Å². The van der Waals surface area contributed by atoms with Crippen LogP contribution in [0.3, 0.4) is 0 Å². The van der Waals surface area contributed by atoms with E-state index in [0.717, 1.165) is 5.69 Å². The average Bonchev–Trinajstić information content (AvgIpc) is 2.91. The first-order valence-electron chi connectivity index (χ1n) is 6.67. The molecule has 8 heteroatoms. The number of hydrogen-bond donors (Lipinski definition) is 0. The van der Waals surface area contributed by atoms with E-state index in [0.29, 0.717) is 11.3 Å². The van der Waals surface area contributed by atoms with Gasteiger partial charge in [0.25, 0.3) is 0 Å². The van der Waals surface area contributed by atoms with Crippen LogP contribution in [0.25, 0.3) is 16.9 Å². The summed E-state index contributed by atoms with van der Waals surface area (Å²) in [5.74, 6) is -0.576. The summed E-state index contributed by atoms with van der Waals surface area (Å²) in [7, 11) is 0. The number of pyridine rings is 1. The lowest BCUT2D eigenvalue weighted by atomic mass is 10.2. The molecule has 0 atom stereocenters. The number of halogens is 2. The highest BCUT2D eigenvalue weighted by Crippen LogP contribution is 2.28. The van der Waals surface area contributed by atoms with Crippen molar-refractivity contribution in [3.8, 4) is 11.3 Å². The lowest BCUT2D eigenvalue weighted by Gasteiger charge is -2.13. The lowest BCUT2D eigenvalue weighted by molar-refractivity contribution is -0.251. The molecule has 3 aromatic heterocycles. The van der Waals surface area contributed by atoms with E-state index in [2.05, 4.69) is 24.9 Å². The highest BCUT2D eigenvalue weighted by atomic mass is 19.3. The van der Waals surface area contributed by atoms with E-state index >= 15 is 0 Å². The van der Waals surface area contributed by atoms with Gasteiger partial charge in [-0.25, -0.2) is 0 Å². The number of aryl methyl sites for hydroxylation is 1. The minimum Gasteiger partial charge on any atom is -0.314 e. The Balaban J connectivity index is 2.10. The molecule has 114 valence electrons. The maximum atomic E-state index is 13.9. The minimum atomic E-state index is -3.52. The van der Waals surface area contributed by atoms with Crippen molar-refractivity contribution in [3.63, 3.8) is 0 Å². The van der Waals surface area contributed by atoms with Crippen molar-refractivity contribution in [1.29, 1.82) is 0 Å². The topological polar surface area (TPSA) is 65.2 Å². The van der Waals surface area contributed by atoms with Gasteiger partial charge < -0.3 is 4.74 Å². The smallest absolute Gasteiger partial charge is 0.314 e. The second-order valence-corrected chi connectivity index (χ2v) is 4.66. The van der Waals surface area contributed by atoms with E-state index in [-0.39, 0.29) is 12.3 Å². The standard InChI is InChI=1S/C14H13F2N5O/c1-3-22-14(15,16)13-20-19-12-7-18-11(8-21(12)13)10-5-4-9(2)17-6-10/h4-8H,3H2,1-2H3. The van der Waals surface area contributed by atoms with E-state index in [4.69, 9.17) is 0 Å². The van der Waals surface area contributed by atoms with Crippen LogP contribution in [0.1, 0.15) is 18.4 Å². The summed E-state index contributed by atoms with van der Waals surface area (Å²) in [4.78, 5) is 8.37. The van der Waals surface area contributed by atoms with Crippen LogP contribution in [0, 0.1) is 6.92 Å². The summed E-state index contributed by atoms with van der Waals surface area (Å²) in [6, 6.07) is 3.64. The van der Waals surface area contributed by atoms with Gasteiger partial charge in [-0.2, -0.15) is 8.78 Å². The van der Waals surface area contributed by atoms with Gasteiger partial charge in [-0.15, -0.1) is 10.2 Å². The molecular weight excluding hydrogens is 292 g/mol. The van der Waals surface area contributed by atoms with Crippen LogP contribution in [0.2, 0.25) is 0 Å². The quantitative estimate of drug-likeness (QED) is 0.741. The normalized spacial score (nSPS) is 12.0. The van der Waals surface area contributed by atoms with Crippen LogP contribution in [0.4, 0.5) is 8.78 Å². The van der Waals surface area contributed by atoms with Crippen LogP contribution < -0.4 is 0 Å². The van der Waals surface area contributed by atoms with Crippen LogP contribution in [0.15, 0.2) is 30.7 Å². The molecule has 6 nitrogen and oxygen atoms in total. The van der Waals surface area contributed by atoms with Gasteiger partial charge in [-0.1, -0.05) is 0 Å². The van der Waals surface area contributed by atoms with Gasteiger partial charge in [0.15, 0.2) is 5.65 Å². The molecule has 3 rings (SSSR count). The molecule has 0 fully saturated rings. The van der Waals surface area contributed by atoms with E-state index < -0.39 is 11.9 Å². The molecule has 0 amide bonds. The second-order valence-electron chi connectivity index (χ2n) is 4.66. The third-order valence-electron chi connectivity index (χ3n) is 3.09. The summed E-state index contributed by atoms with van der Waals surface area (Å²) in [6.07, 6.45) is 0.949. The SMILES string of the molecule is CCOC(F)(F)c1nnc2cnc(-c3ccc(C)nc3)cn12. The van der Waals surface area contributed by atoms with Crippen LogP contribution in [-0.2, 0) is 10.8 Å². The first-order valence-corrected chi connectivity index (χ1v) is 6.67. The molecule has 0 bridgehead atoms. The van der Waals surface area contributed by atoms with Crippen molar-refractivity contribution in [2.45, 2.75) is 20.0 Å². The summed E-state index contributed by atoms with van der Waals surface area (Å²) in [5.41, 5.74) is 2.29. The van der Waals surface area contributed by atoms with E-state index in [9.17, 15) is 8.78 Å². The third-order valence-corrected chi connectivity index (χ3v) is 3.09. The molecule has 0 N–H and O–H groups in total. The summed E-state index contributed by atoms with van der Waals surface area (Å²) in [6.45, 7) is 3.21. The van der Waals surface area contributed by atoms with Crippen molar-refractivity contribution in [2.75, 3.05) is 6.61 Å². The Morgan fingerprint density at radius 3 is 2.68 bits per heavy atom. The average molecular weight is 305 g/mol. The number of aromatic nitrogens is 5. The summed E-state index contributed by atoms with van der Waals surface area (Å²) < 4.78 is 33.5. The lowest BCUT2D eigenvalue weighted by Crippen LogP contribution is -2.21. The Bertz CT molecular complexity index is 801. The molecule has 3 heterocycles. The Morgan fingerprint density at radius 1 is 1.18 bits per heavy atom. The largest absolute Gasteiger partial charge is 0.418 e. The molecule has 22 heavy (non-hydrogen) atoms. The summed E-state index contributed by atoms with van der Waals surface area (Å²) in [5, 5.41) is 7.21. The predicted molar refractivity (Wildman–Crippen MR) is 74.3 cm³/mol. The van der Waals surface area contributed by atoms with Crippen LogP contribution in [0.5, 0.6) is 0 Å². The zero-order chi connectivity index (χ0) is 15.7. The fourth-order valence-electron chi connectivity index (χ4n) is 2.01. The van der Waals surface area contributed by atoms with Crippen molar-refractivity contribution >= 4 is 5.65 Å². The number of fused-ring (bicyclic) bond motifs is 1. The summed E-state index contributed by atoms with van der Waals surface area (Å²) >= 11 is 0. The molecule has 0 unspecified atom stereocenters. The molecule has 0 spiro atoms. The second kappa shape index (κ2) is 5.38. The van der Waals surface area contributed by atoms with Gasteiger partial charge in [-0.3, -0.25) is 14.4 Å². The molecule has 0 saturated heterocycles. The van der Waals surface area contributed by atoms with Gasteiger partial charge >= 0.3 is 6.11 Å². The highest BCUT2D eigenvalue weighted by Gasteiger charge is 2.38. The van der Waals surface area contributed by atoms with Gasteiger partial charge in [0.2, 0.25) is 5.82 Å². The zero-order valence-electron chi connectivity index (χ0n) is 12.0. The molecule has 0 saturated carbocycles. The first kappa shape index (κ1) is 14.5. The van der Waals surface area contributed by atoms with Crippen LogP contribution >= 0.6 is 0 Å². The van der Waals surface area contributed by atoms with Crippen molar-refractivity contribution in [1.82, 2.24) is 24.6 Å². The van der Waals surface area contributed by atoms with Crippen molar-refractivity contribution in [2.24, 2.45) is 0 Å². The van der Waals surface area contributed by atoms with E-state index in [1.54, 1.807) is 6.20 Å². The van der Waals surface area contributed by atoms with Crippen molar-refractivity contribution < 1.29 is 13.5 Å². The molecule has 0 aliphatic carbocycles. The van der Waals surface area contributed by atoms with Gasteiger partial charge in [-0.05, 0) is 26.0 Å². The van der Waals surface area contributed by atoms with Crippen molar-refractivity contribution in [3.05, 3.63) is 42.2 Å².